The van der Waals surface area contributed by atoms with Crippen molar-refractivity contribution in [2.45, 2.75) is 6.54 Å². The Morgan fingerprint density at radius 1 is 1.50 bits per heavy atom. The number of ether oxygens (including phenoxy) is 1. The summed E-state index contributed by atoms with van der Waals surface area (Å²) in [5, 5.41) is 5.46. The van der Waals surface area contributed by atoms with Crippen LogP contribution in [0.4, 0.5) is 10.1 Å². The van der Waals surface area contributed by atoms with E-state index in [2.05, 4.69) is 10.3 Å². The molecule has 2 aromatic heterocycles. The van der Waals surface area contributed by atoms with E-state index in [0.717, 1.165) is 10.7 Å². The molecule has 20 heavy (non-hydrogen) atoms. The summed E-state index contributed by atoms with van der Waals surface area (Å²) in [6.45, 7) is 0.479. The van der Waals surface area contributed by atoms with Crippen LogP contribution in [-0.4, -0.2) is 16.5 Å². The number of rotatable bonds is 4. The highest BCUT2D eigenvalue weighted by Gasteiger charge is 2.13. The lowest BCUT2D eigenvalue weighted by atomic mass is 10.3. The first-order valence-corrected chi connectivity index (χ1v) is 7.12. The third-order valence-corrected chi connectivity index (χ3v) is 3.96. The minimum Gasteiger partial charge on any atom is -0.480 e. The summed E-state index contributed by atoms with van der Waals surface area (Å²) in [5.41, 5.74) is 1.56. The average molecular weight is 312 g/mol. The Bertz CT molecular complexity index is 755. The molecule has 0 bridgehead atoms. The zero-order chi connectivity index (χ0) is 14.1. The Balaban J connectivity index is 1.87. The van der Waals surface area contributed by atoms with Gasteiger partial charge in [-0.3, -0.25) is 4.40 Å². The molecule has 0 saturated heterocycles. The van der Waals surface area contributed by atoms with Crippen LogP contribution in [0, 0.1) is 5.82 Å². The van der Waals surface area contributed by atoms with Gasteiger partial charge in [0.2, 0.25) is 5.88 Å². The zero-order valence-corrected chi connectivity index (χ0v) is 12.1. The number of hydrogen-bond acceptors (Lipinski definition) is 4. The van der Waals surface area contributed by atoms with E-state index in [1.807, 2.05) is 16.0 Å². The number of benzene rings is 1. The average Bonchev–Trinajstić information content (AvgIpc) is 2.98. The summed E-state index contributed by atoms with van der Waals surface area (Å²) in [7, 11) is 1.58. The van der Waals surface area contributed by atoms with Crippen molar-refractivity contribution in [3.05, 3.63) is 46.3 Å². The van der Waals surface area contributed by atoms with Crippen molar-refractivity contribution >= 4 is 33.6 Å². The molecule has 0 unspecified atom stereocenters. The Labute approximate surface area is 123 Å². The van der Waals surface area contributed by atoms with Gasteiger partial charge in [0, 0.05) is 11.6 Å². The van der Waals surface area contributed by atoms with Crippen LogP contribution in [0.1, 0.15) is 5.69 Å². The van der Waals surface area contributed by atoms with Gasteiger partial charge in [0.1, 0.15) is 11.5 Å². The molecule has 0 aliphatic rings. The van der Waals surface area contributed by atoms with Crippen molar-refractivity contribution in [2.75, 3.05) is 12.4 Å². The maximum Gasteiger partial charge on any atom is 0.238 e. The molecule has 2 heterocycles. The van der Waals surface area contributed by atoms with E-state index in [4.69, 9.17) is 16.3 Å². The molecule has 0 aliphatic heterocycles. The number of anilines is 1. The number of methoxy groups -OCH3 is 1. The van der Waals surface area contributed by atoms with Gasteiger partial charge in [-0.05, 0) is 18.2 Å². The van der Waals surface area contributed by atoms with Crippen molar-refractivity contribution in [2.24, 2.45) is 0 Å². The van der Waals surface area contributed by atoms with Crippen LogP contribution in [-0.2, 0) is 6.54 Å². The van der Waals surface area contributed by atoms with Gasteiger partial charge in [0.15, 0.2) is 4.96 Å². The van der Waals surface area contributed by atoms with E-state index in [1.165, 1.54) is 23.5 Å². The number of thiazole rings is 1. The fraction of sp³-hybridized carbons (Fsp3) is 0.154. The van der Waals surface area contributed by atoms with Gasteiger partial charge in [-0.25, -0.2) is 4.39 Å². The van der Waals surface area contributed by atoms with Gasteiger partial charge < -0.3 is 10.1 Å². The van der Waals surface area contributed by atoms with Gasteiger partial charge in [-0.2, -0.15) is 4.98 Å². The van der Waals surface area contributed by atoms with E-state index in [1.54, 1.807) is 13.2 Å². The quantitative estimate of drug-likeness (QED) is 0.796. The maximum atomic E-state index is 13.0. The number of nitrogens with zero attached hydrogens (tertiary/aromatic N) is 2. The lowest BCUT2D eigenvalue weighted by Crippen LogP contribution is -2.04. The molecule has 3 aromatic rings. The fourth-order valence-electron chi connectivity index (χ4n) is 1.95. The zero-order valence-electron chi connectivity index (χ0n) is 10.6. The van der Waals surface area contributed by atoms with E-state index >= 15 is 0 Å². The number of halogens is 2. The standard InChI is InChI=1S/C13H11ClFN3OS/c1-19-12-11(18-4-5-20-13(18)17-12)7-16-10-3-2-8(15)6-9(10)14/h2-6,16H,7H2,1H3. The van der Waals surface area contributed by atoms with Crippen LogP contribution in [0.25, 0.3) is 4.96 Å². The molecule has 3 rings (SSSR count). The lowest BCUT2D eigenvalue weighted by Gasteiger charge is -2.09. The van der Waals surface area contributed by atoms with Crippen molar-refractivity contribution in [3.8, 4) is 5.88 Å². The highest BCUT2D eigenvalue weighted by Crippen LogP contribution is 2.26. The Kier molecular flexibility index (Phi) is 3.50. The Hall–Kier alpha value is -1.79. The second-order valence-electron chi connectivity index (χ2n) is 4.10. The summed E-state index contributed by atoms with van der Waals surface area (Å²) < 4.78 is 20.2. The maximum absolute atomic E-state index is 13.0. The molecule has 1 aromatic carbocycles. The van der Waals surface area contributed by atoms with Gasteiger partial charge in [-0.15, -0.1) is 11.3 Å². The fourth-order valence-corrected chi connectivity index (χ4v) is 2.91. The largest absolute Gasteiger partial charge is 0.480 e. The molecule has 1 N–H and O–H groups in total. The molecular weight excluding hydrogens is 301 g/mol. The van der Waals surface area contributed by atoms with Crippen LogP contribution in [0.2, 0.25) is 5.02 Å². The first kappa shape index (κ1) is 13.2. The van der Waals surface area contributed by atoms with E-state index in [-0.39, 0.29) is 5.82 Å². The summed E-state index contributed by atoms with van der Waals surface area (Å²) in [6, 6.07) is 4.25. The molecule has 104 valence electrons. The summed E-state index contributed by atoms with van der Waals surface area (Å²) >= 11 is 7.52. The van der Waals surface area contributed by atoms with Crippen LogP contribution in [0.3, 0.4) is 0 Å². The lowest BCUT2D eigenvalue weighted by molar-refractivity contribution is 0.395. The number of hydrogen-bond donors (Lipinski definition) is 1. The molecule has 0 fully saturated rings. The highest BCUT2D eigenvalue weighted by molar-refractivity contribution is 7.15. The summed E-state index contributed by atoms with van der Waals surface area (Å²) in [5.74, 6) is 0.213. The molecule has 0 spiro atoms. The van der Waals surface area contributed by atoms with Crippen molar-refractivity contribution in [1.29, 1.82) is 0 Å². The van der Waals surface area contributed by atoms with Crippen LogP contribution >= 0.6 is 22.9 Å². The molecule has 0 amide bonds. The van der Waals surface area contributed by atoms with E-state index in [0.29, 0.717) is 23.1 Å². The van der Waals surface area contributed by atoms with Gasteiger partial charge in [-0.1, -0.05) is 11.6 Å². The van der Waals surface area contributed by atoms with Gasteiger partial charge >= 0.3 is 0 Å². The minimum atomic E-state index is -0.359. The number of nitrogens with one attached hydrogen (secondary N) is 1. The smallest absolute Gasteiger partial charge is 0.238 e. The Morgan fingerprint density at radius 2 is 2.35 bits per heavy atom. The molecule has 0 saturated carbocycles. The number of imidazole rings is 1. The molecule has 0 aliphatic carbocycles. The first-order chi connectivity index (χ1) is 9.69. The third-order valence-electron chi connectivity index (χ3n) is 2.90. The molecule has 7 heteroatoms. The SMILES string of the molecule is COc1nc2sccn2c1CNc1ccc(F)cc1Cl. The second kappa shape index (κ2) is 5.30. The van der Waals surface area contributed by atoms with Crippen molar-refractivity contribution < 1.29 is 9.13 Å². The third kappa shape index (κ3) is 2.32. The van der Waals surface area contributed by atoms with Gasteiger partial charge in [0.25, 0.3) is 0 Å². The summed E-state index contributed by atoms with van der Waals surface area (Å²) in [4.78, 5) is 5.23. The van der Waals surface area contributed by atoms with Crippen molar-refractivity contribution in [1.82, 2.24) is 9.38 Å². The van der Waals surface area contributed by atoms with Crippen molar-refractivity contribution in [3.63, 3.8) is 0 Å². The van der Waals surface area contributed by atoms with Gasteiger partial charge in [0.05, 0.1) is 24.4 Å². The molecular formula is C13H11ClFN3OS. The van der Waals surface area contributed by atoms with Crippen LogP contribution in [0.5, 0.6) is 5.88 Å². The molecule has 4 nitrogen and oxygen atoms in total. The molecule has 0 atom stereocenters. The second-order valence-corrected chi connectivity index (χ2v) is 5.38. The predicted octanol–water partition coefficient (Wildman–Crippen LogP) is 3.81. The van der Waals surface area contributed by atoms with Crippen LogP contribution in [0.15, 0.2) is 29.8 Å². The number of fused-ring (bicyclic) bond motifs is 1. The first-order valence-electron chi connectivity index (χ1n) is 5.86. The monoisotopic (exact) mass is 311 g/mol. The highest BCUT2D eigenvalue weighted by atomic mass is 35.5. The predicted molar refractivity (Wildman–Crippen MR) is 78.4 cm³/mol. The topological polar surface area (TPSA) is 38.6 Å². The van der Waals surface area contributed by atoms with E-state index in [9.17, 15) is 4.39 Å². The van der Waals surface area contributed by atoms with E-state index < -0.39 is 0 Å². The normalized spacial score (nSPS) is 10.9. The summed E-state index contributed by atoms with van der Waals surface area (Å²) in [6.07, 6.45) is 1.93. The van der Waals surface area contributed by atoms with Crippen LogP contribution < -0.4 is 10.1 Å². The molecule has 0 radical (unpaired) electrons. The minimum absolute atomic E-state index is 0.343. The number of aromatic nitrogens is 2. The Morgan fingerprint density at radius 3 is 3.10 bits per heavy atom.